The summed E-state index contributed by atoms with van der Waals surface area (Å²) in [6.45, 7) is 2.25. The predicted molar refractivity (Wildman–Crippen MR) is 93.9 cm³/mol. The second kappa shape index (κ2) is 2.80. The predicted octanol–water partition coefficient (Wildman–Crippen LogP) is 3.89. The molecule has 0 saturated carbocycles. The Balaban J connectivity index is 1.65. The van der Waals surface area contributed by atoms with Crippen LogP contribution in [0.3, 0.4) is 0 Å². The van der Waals surface area contributed by atoms with E-state index in [0.29, 0.717) is 11.8 Å². The summed E-state index contributed by atoms with van der Waals surface area (Å²) in [5.74, 6) is 0.893. The molecule has 1 aromatic carbocycles. The lowest BCUT2D eigenvalue weighted by Gasteiger charge is -2.15. The molecule has 0 spiro atoms. The van der Waals surface area contributed by atoms with E-state index in [1.807, 2.05) is 0 Å². The van der Waals surface area contributed by atoms with Gasteiger partial charge in [-0.15, -0.1) is 0 Å². The first-order chi connectivity index (χ1) is 12.3. The highest BCUT2D eigenvalue weighted by Gasteiger charge is 2.54. The Labute approximate surface area is 143 Å². The number of fused-ring (bicyclic) bond motifs is 7. The van der Waals surface area contributed by atoms with E-state index in [1.54, 1.807) is 16.7 Å². The molecule has 0 fully saturated rings. The third-order valence-electron chi connectivity index (χ3n) is 7.42. The van der Waals surface area contributed by atoms with Crippen molar-refractivity contribution < 1.29 is 0 Å². The molecule has 0 amide bonds. The van der Waals surface area contributed by atoms with Gasteiger partial charge in [-0.25, -0.2) is 0 Å². The van der Waals surface area contributed by atoms with Crippen LogP contribution < -0.4 is 0 Å². The van der Waals surface area contributed by atoms with Crippen LogP contribution in [0.2, 0.25) is 0 Å². The third-order valence-corrected chi connectivity index (χ3v) is 7.42. The molecule has 3 heteroatoms. The average molecular weight is 319 g/mol. The van der Waals surface area contributed by atoms with E-state index in [-0.39, 0.29) is 0 Å². The fourth-order valence-electron chi connectivity index (χ4n) is 6.75. The van der Waals surface area contributed by atoms with Crippen LogP contribution in [0.15, 0.2) is 36.4 Å². The van der Waals surface area contributed by atoms with Crippen LogP contribution in [0.1, 0.15) is 62.7 Å². The maximum Gasteiger partial charge on any atom is 0.0694 e. The zero-order valence-electron chi connectivity index (χ0n) is 13.7. The van der Waals surface area contributed by atoms with Gasteiger partial charge in [0.2, 0.25) is 0 Å². The minimum atomic E-state index is 0.435. The minimum absolute atomic E-state index is 0.435. The maximum absolute atomic E-state index is 2.60. The fraction of sp³-hybridized carbons (Fsp3) is 0.182. The van der Waals surface area contributed by atoms with Crippen molar-refractivity contribution >= 4 is 0 Å². The van der Waals surface area contributed by atoms with E-state index in [9.17, 15) is 0 Å². The molecule has 3 aromatic heterocycles. The van der Waals surface area contributed by atoms with E-state index in [2.05, 4.69) is 57.0 Å². The van der Waals surface area contributed by atoms with Gasteiger partial charge in [-0.2, -0.15) is 0 Å². The molecule has 2 unspecified atom stereocenters. The second-order valence-corrected chi connectivity index (χ2v) is 8.23. The number of benzene rings is 1. The molecule has 8 heterocycles. The number of rotatable bonds is 0. The lowest BCUT2D eigenvalue weighted by Crippen LogP contribution is -2.04. The second-order valence-electron chi connectivity index (χ2n) is 8.23. The smallest absolute Gasteiger partial charge is 0.0694 e. The summed E-state index contributed by atoms with van der Waals surface area (Å²) in [4.78, 5) is 0. The Morgan fingerprint density at radius 1 is 0.680 bits per heavy atom. The molecule has 0 aliphatic carbocycles. The van der Waals surface area contributed by atoms with Crippen molar-refractivity contribution in [2.24, 2.45) is 0 Å². The van der Waals surface area contributed by atoms with Gasteiger partial charge in [0.05, 0.1) is 28.9 Å². The molecule has 0 radical (unpaired) electrons. The maximum atomic E-state index is 2.60. The zero-order chi connectivity index (χ0) is 15.8. The Hall–Kier alpha value is -2.94. The molecule has 5 aliphatic rings. The molecule has 25 heavy (non-hydrogen) atoms. The molecular formula is C22H13N3. The molecular weight excluding hydrogens is 306 g/mol. The fourth-order valence-corrected chi connectivity index (χ4v) is 6.75. The molecule has 0 saturated heterocycles. The average Bonchev–Trinajstić information content (AvgIpc) is 3.36. The highest BCUT2D eigenvalue weighted by Crippen LogP contribution is 2.65. The van der Waals surface area contributed by atoms with Crippen LogP contribution in [0, 0.1) is 6.92 Å². The van der Waals surface area contributed by atoms with Crippen molar-refractivity contribution in [3.05, 3.63) is 87.3 Å². The van der Waals surface area contributed by atoms with Crippen LogP contribution in [0.5, 0.6) is 0 Å². The molecule has 4 aromatic rings. The summed E-state index contributed by atoms with van der Waals surface area (Å²) in [6, 6.07) is 14.1. The van der Waals surface area contributed by atoms with Crippen molar-refractivity contribution in [3.63, 3.8) is 0 Å². The standard InChI is InChI=1S/C22H13N3/c1-9-2-4-12-16-14-6-7-15-17-13-5-3-10-8-11-20(23(9)12)18(16)22(25(14)15)19(17)21(11)24(10)13/h2-7,16-17H,8H2,1H3. The van der Waals surface area contributed by atoms with Crippen LogP contribution in [-0.4, -0.2) is 13.7 Å². The van der Waals surface area contributed by atoms with Crippen molar-refractivity contribution in [2.75, 3.05) is 0 Å². The molecule has 0 bridgehead atoms. The largest absolute Gasteiger partial charge is 0.316 e. The van der Waals surface area contributed by atoms with Gasteiger partial charge >= 0.3 is 0 Å². The van der Waals surface area contributed by atoms with Gasteiger partial charge in [0.1, 0.15) is 0 Å². The van der Waals surface area contributed by atoms with E-state index < -0.39 is 0 Å². The number of aromatic nitrogens is 3. The van der Waals surface area contributed by atoms with Crippen LogP contribution in [0.4, 0.5) is 0 Å². The van der Waals surface area contributed by atoms with Crippen LogP contribution >= 0.6 is 0 Å². The van der Waals surface area contributed by atoms with Crippen molar-refractivity contribution in [1.82, 2.24) is 13.7 Å². The summed E-state index contributed by atoms with van der Waals surface area (Å²) in [5.41, 5.74) is 18.1. The minimum Gasteiger partial charge on any atom is -0.316 e. The number of hydrogen-bond donors (Lipinski definition) is 0. The van der Waals surface area contributed by atoms with Gasteiger partial charge in [0.15, 0.2) is 0 Å². The highest BCUT2D eigenvalue weighted by atomic mass is 15.2. The summed E-state index contributed by atoms with van der Waals surface area (Å²) in [5, 5.41) is 0. The quantitative estimate of drug-likeness (QED) is 0.403. The first-order valence-electron chi connectivity index (χ1n) is 9.18. The SMILES string of the molecule is Cc1ccc2n1-c1c3c4c5c6c1C2c1ccc(n1-6)C5c1ccc(n1-4)C3. The van der Waals surface area contributed by atoms with Crippen molar-refractivity contribution in [1.29, 1.82) is 0 Å². The van der Waals surface area contributed by atoms with Crippen LogP contribution in [0.25, 0.3) is 17.1 Å². The van der Waals surface area contributed by atoms with E-state index in [4.69, 9.17) is 0 Å². The van der Waals surface area contributed by atoms with Gasteiger partial charge in [0, 0.05) is 57.3 Å². The molecule has 0 N–H and O–H groups in total. The molecule has 5 aliphatic heterocycles. The topological polar surface area (TPSA) is 14.8 Å². The summed E-state index contributed by atoms with van der Waals surface area (Å²) in [7, 11) is 0. The monoisotopic (exact) mass is 319 g/mol. The van der Waals surface area contributed by atoms with Gasteiger partial charge in [0.25, 0.3) is 0 Å². The zero-order valence-corrected chi connectivity index (χ0v) is 13.7. The summed E-state index contributed by atoms with van der Waals surface area (Å²) in [6.07, 6.45) is 1.08. The normalized spacial score (nSPS) is 22.4. The number of nitrogens with zero attached hydrogens (tertiary/aromatic N) is 3. The first kappa shape index (κ1) is 10.8. The Morgan fingerprint density at radius 2 is 1.28 bits per heavy atom. The summed E-state index contributed by atoms with van der Waals surface area (Å²) < 4.78 is 7.73. The summed E-state index contributed by atoms with van der Waals surface area (Å²) >= 11 is 0. The highest BCUT2D eigenvalue weighted by molar-refractivity contribution is 5.88. The van der Waals surface area contributed by atoms with Crippen LogP contribution in [-0.2, 0) is 6.42 Å². The van der Waals surface area contributed by atoms with E-state index in [1.165, 1.54) is 51.2 Å². The van der Waals surface area contributed by atoms with Gasteiger partial charge in [-0.1, -0.05) is 0 Å². The van der Waals surface area contributed by atoms with Crippen molar-refractivity contribution in [2.45, 2.75) is 25.2 Å². The Morgan fingerprint density at radius 3 is 2.08 bits per heavy atom. The Bertz CT molecular complexity index is 1390. The molecule has 116 valence electrons. The van der Waals surface area contributed by atoms with Gasteiger partial charge < -0.3 is 13.7 Å². The van der Waals surface area contributed by atoms with Crippen molar-refractivity contribution in [3.8, 4) is 17.1 Å². The van der Waals surface area contributed by atoms with Gasteiger partial charge in [-0.05, 0) is 43.3 Å². The lowest BCUT2D eigenvalue weighted by atomic mass is 9.88. The number of aryl methyl sites for hydroxylation is 1. The Kier molecular flexibility index (Phi) is 1.21. The third kappa shape index (κ3) is 0.764. The molecule has 3 nitrogen and oxygen atoms in total. The van der Waals surface area contributed by atoms with E-state index >= 15 is 0 Å². The van der Waals surface area contributed by atoms with E-state index in [0.717, 1.165) is 6.42 Å². The lowest BCUT2D eigenvalue weighted by molar-refractivity contribution is 0.867. The first-order valence-corrected chi connectivity index (χ1v) is 9.18. The number of hydrogen-bond acceptors (Lipinski definition) is 0. The molecule has 9 rings (SSSR count). The molecule has 2 atom stereocenters. The van der Waals surface area contributed by atoms with Gasteiger partial charge in [-0.3, -0.25) is 0 Å².